The van der Waals surface area contributed by atoms with Crippen LogP contribution in [0.4, 0.5) is 11.4 Å². The van der Waals surface area contributed by atoms with Crippen LogP contribution in [0.25, 0.3) is 0 Å². The molecule has 1 aliphatic carbocycles. The van der Waals surface area contributed by atoms with Gasteiger partial charge in [-0.1, -0.05) is 67.4 Å². The van der Waals surface area contributed by atoms with Crippen molar-refractivity contribution in [3.8, 4) is 0 Å². The van der Waals surface area contributed by atoms with Gasteiger partial charge in [-0.05, 0) is 42.7 Å². The van der Waals surface area contributed by atoms with Gasteiger partial charge in [0.25, 0.3) is 5.91 Å². The summed E-state index contributed by atoms with van der Waals surface area (Å²) in [7, 11) is -1.44. The van der Waals surface area contributed by atoms with Crippen molar-refractivity contribution in [1.82, 2.24) is 4.90 Å². The lowest BCUT2D eigenvalue weighted by atomic mass is 9.81. The molecule has 0 radical (unpaired) electrons. The number of benzene rings is 3. The molecule has 3 aromatic carbocycles. The van der Waals surface area contributed by atoms with E-state index in [-0.39, 0.29) is 36.0 Å². The van der Waals surface area contributed by atoms with E-state index >= 15 is 0 Å². The van der Waals surface area contributed by atoms with Gasteiger partial charge in [0, 0.05) is 6.42 Å². The summed E-state index contributed by atoms with van der Waals surface area (Å²) in [5, 5.41) is 0. The number of rotatable bonds is 4. The third-order valence-electron chi connectivity index (χ3n) is 7.58. The monoisotopic (exact) mass is 498 g/mol. The number of imide groups is 1. The number of anilines is 2. The van der Waals surface area contributed by atoms with Gasteiger partial charge in [0.2, 0.25) is 11.8 Å². The first-order valence-corrected chi connectivity index (χ1v) is 13.6. The highest BCUT2D eigenvalue weighted by Gasteiger charge is 2.53. The molecule has 7 heteroatoms. The Morgan fingerprint density at radius 2 is 1.28 bits per heavy atom. The number of hydrogen-bond acceptors (Lipinski definition) is 4. The molecular formula is C29H26N2O4S. The maximum Gasteiger partial charge on any atom is 0.255 e. The van der Waals surface area contributed by atoms with Gasteiger partial charge < -0.3 is 0 Å². The molecule has 1 saturated carbocycles. The van der Waals surface area contributed by atoms with Crippen LogP contribution in [-0.4, -0.2) is 32.9 Å². The molecule has 0 N–H and O–H groups in total. The standard InChI is InChI=1S/C29H26N2O4S/c32-27-20-12-4-5-13-21(20)28(33)31(27)24(18-19-10-2-1-3-11-19)29(34)30-22-14-6-8-16-25(22)36(35)26-17-9-7-15-23(26)30/h1-3,6-11,14-17,20-21,24H,4-5,12-13,18H2. The molecule has 2 fully saturated rings. The minimum absolute atomic E-state index is 0.223. The van der Waals surface area contributed by atoms with E-state index in [0.717, 1.165) is 18.4 Å². The molecule has 0 bridgehead atoms. The Balaban J connectivity index is 1.47. The third-order valence-corrected chi connectivity index (χ3v) is 9.07. The molecule has 36 heavy (non-hydrogen) atoms. The highest BCUT2D eigenvalue weighted by molar-refractivity contribution is 7.85. The molecule has 182 valence electrons. The summed E-state index contributed by atoms with van der Waals surface area (Å²) in [6.45, 7) is 0. The quantitative estimate of drug-likeness (QED) is 0.492. The van der Waals surface area contributed by atoms with Crippen molar-refractivity contribution >= 4 is 39.9 Å². The Bertz CT molecular complexity index is 1320. The highest BCUT2D eigenvalue weighted by Crippen LogP contribution is 2.44. The predicted molar refractivity (Wildman–Crippen MR) is 136 cm³/mol. The maximum atomic E-state index is 14.5. The molecule has 6 rings (SSSR count). The predicted octanol–water partition coefficient (Wildman–Crippen LogP) is 4.62. The van der Waals surface area contributed by atoms with Crippen LogP contribution in [0, 0.1) is 11.8 Å². The van der Waals surface area contributed by atoms with E-state index in [1.807, 2.05) is 30.3 Å². The molecule has 0 spiro atoms. The Morgan fingerprint density at radius 1 is 0.778 bits per heavy atom. The molecule has 3 aromatic rings. The number of likely N-dealkylation sites (tertiary alicyclic amines) is 1. The number of amides is 3. The summed E-state index contributed by atoms with van der Waals surface area (Å²) in [5.74, 6) is -1.52. The van der Waals surface area contributed by atoms with E-state index < -0.39 is 16.8 Å². The van der Waals surface area contributed by atoms with E-state index in [9.17, 15) is 18.6 Å². The number of carbonyl (C=O) groups is 3. The second-order valence-corrected chi connectivity index (χ2v) is 11.0. The summed E-state index contributed by atoms with van der Waals surface area (Å²) < 4.78 is 13.3. The average molecular weight is 499 g/mol. The van der Waals surface area contributed by atoms with Crippen molar-refractivity contribution in [3.63, 3.8) is 0 Å². The van der Waals surface area contributed by atoms with Crippen LogP contribution in [0.3, 0.4) is 0 Å². The van der Waals surface area contributed by atoms with Gasteiger partial charge in [-0.25, -0.2) is 4.21 Å². The first kappa shape index (κ1) is 22.9. The Kier molecular flexibility index (Phi) is 5.80. The number of fused-ring (bicyclic) bond motifs is 3. The summed E-state index contributed by atoms with van der Waals surface area (Å²) in [5.41, 5.74) is 1.91. The number of nitrogens with zero attached hydrogens (tertiary/aromatic N) is 2. The molecule has 3 aliphatic rings. The van der Waals surface area contributed by atoms with Crippen molar-refractivity contribution in [3.05, 3.63) is 84.4 Å². The second kappa shape index (κ2) is 9.13. The van der Waals surface area contributed by atoms with Crippen LogP contribution in [0.1, 0.15) is 31.2 Å². The fourth-order valence-electron chi connectivity index (χ4n) is 5.85. The Hall–Kier alpha value is -3.58. The van der Waals surface area contributed by atoms with Gasteiger partial charge in [-0.3, -0.25) is 24.2 Å². The smallest absolute Gasteiger partial charge is 0.255 e. The molecule has 3 amide bonds. The number of carbonyl (C=O) groups excluding carboxylic acids is 3. The van der Waals surface area contributed by atoms with Gasteiger partial charge in [0.15, 0.2) is 0 Å². The molecule has 0 aromatic heterocycles. The van der Waals surface area contributed by atoms with Crippen LogP contribution in [0.2, 0.25) is 0 Å². The summed E-state index contributed by atoms with van der Waals surface area (Å²) in [6, 6.07) is 22.8. The largest absolute Gasteiger partial charge is 0.277 e. The van der Waals surface area contributed by atoms with Gasteiger partial charge in [0.05, 0.1) is 43.8 Å². The minimum atomic E-state index is -1.44. The second-order valence-electron chi connectivity index (χ2n) is 9.63. The average Bonchev–Trinajstić information content (AvgIpc) is 3.17. The van der Waals surface area contributed by atoms with E-state index in [1.54, 1.807) is 53.4 Å². The molecule has 3 atom stereocenters. The molecule has 2 aliphatic heterocycles. The van der Waals surface area contributed by atoms with Crippen molar-refractivity contribution in [2.45, 2.75) is 47.9 Å². The lowest BCUT2D eigenvalue weighted by Gasteiger charge is -2.35. The summed E-state index contributed by atoms with van der Waals surface area (Å²) >= 11 is 0. The number of hydrogen-bond donors (Lipinski definition) is 0. The normalized spacial score (nSPS) is 22.1. The van der Waals surface area contributed by atoms with Gasteiger partial charge in [-0.15, -0.1) is 0 Å². The fourth-order valence-corrected chi connectivity index (χ4v) is 7.19. The van der Waals surface area contributed by atoms with Crippen molar-refractivity contribution in [1.29, 1.82) is 0 Å². The van der Waals surface area contributed by atoms with Gasteiger partial charge >= 0.3 is 0 Å². The molecule has 6 nitrogen and oxygen atoms in total. The Labute approximate surface area is 212 Å². The molecular weight excluding hydrogens is 472 g/mol. The van der Waals surface area contributed by atoms with Crippen LogP contribution < -0.4 is 4.90 Å². The maximum absolute atomic E-state index is 14.5. The summed E-state index contributed by atoms with van der Waals surface area (Å²) in [6.07, 6.45) is 3.44. The molecule has 1 saturated heterocycles. The first-order valence-electron chi connectivity index (χ1n) is 12.4. The number of para-hydroxylation sites is 2. The zero-order valence-corrected chi connectivity index (χ0v) is 20.5. The van der Waals surface area contributed by atoms with Crippen LogP contribution in [0.5, 0.6) is 0 Å². The van der Waals surface area contributed by atoms with Crippen LogP contribution in [-0.2, 0) is 31.6 Å². The van der Waals surface area contributed by atoms with Gasteiger partial charge in [0.1, 0.15) is 6.04 Å². The van der Waals surface area contributed by atoms with E-state index in [0.29, 0.717) is 34.0 Å². The summed E-state index contributed by atoms with van der Waals surface area (Å²) in [4.78, 5) is 45.6. The molecule has 3 unspecified atom stereocenters. The third kappa shape index (κ3) is 3.61. The van der Waals surface area contributed by atoms with Crippen molar-refractivity contribution < 1.29 is 18.6 Å². The van der Waals surface area contributed by atoms with Crippen LogP contribution in [0.15, 0.2) is 88.7 Å². The van der Waals surface area contributed by atoms with Gasteiger partial charge in [-0.2, -0.15) is 0 Å². The SMILES string of the molecule is O=C(C(Cc1ccccc1)N1C(=O)C2CCCCC2C1=O)N1c2ccccc2S(=O)c2ccccc21. The fraction of sp³-hybridized carbons (Fsp3) is 0.276. The lowest BCUT2D eigenvalue weighted by molar-refractivity contribution is -0.147. The Morgan fingerprint density at radius 3 is 1.83 bits per heavy atom. The van der Waals surface area contributed by atoms with E-state index in [1.165, 1.54) is 4.90 Å². The van der Waals surface area contributed by atoms with E-state index in [2.05, 4.69) is 0 Å². The zero-order valence-electron chi connectivity index (χ0n) is 19.7. The zero-order chi connectivity index (χ0) is 24.8. The lowest BCUT2D eigenvalue weighted by Crippen LogP contribution is -2.52. The highest BCUT2D eigenvalue weighted by atomic mass is 32.2. The topological polar surface area (TPSA) is 74.8 Å². The van der Waals surface area contributed by atoms with E-state index in [4.69, 9.17) is 0 Å². The van der Waals surface area contributed by atoms with Crippen molar-refractivity contribution in [2.24, 2.45) is 11.8 Å². The minimum Gasteiger partial charge on any atom is -0.277 e. The first-order chi connectivity index (χ1) is 17.6. The molecule has 2 heterocycles. The van der Waals surface area contributed by atoms with Crippen molar-refractivity contribution in [2.75, 3.05) is 4.90 Å². The van der Waals surface area contributed by atoms with Crippen LogP contribution >= 0.6 is 0 Å².